The van der Waals surface area contributed by atoms with Crippen molar-refractivity contribution in [1.82, 2.24) is 4.98 Å². The van der Waals surface area contributed by atoms with Crippen molar-refractivity contribution in [2.24, 2.45) is 0 Å². The highest BCUT2D eigenvalue weighted by Gasteiger charge is 2.27. The van der Waals surface area contributed by atoms with Gasteiger partial charge in [-0.2, -0.15) is 0 Å². The van der Waals surface area contributed by atoms with Gasteiger partial charge >= 0.3 is 5.97 Å². The second-order valence-electron chi connectivity index (χ2n) is 4.31. The first-order valence-electron chi connectivity index (χ1n) is 5.49. The predicted octanol–water partition coefficient (Wildman–Crippen LogP) is 3.46. The van der Waals surface area contributed by atoms with Gasteiger partial charge in [0.2, 0.25) is 0 Å². The first kappa shape index (κ1) is 10.5. The summed E-state index contributed by atoms with van der Waals surface area (Å²) in [5.74, 6) is -0.524. The van der Waals surface area contributed by atoms with E-state index in [2.05, 4.69) is 4.98 Å². The van der Waals surface area contributed by atoms with E-state index in [4.69, 9.17) is 11.6 Å². The van der Waals surface area contributed by atoms with E-state index in [1.54, 1.807) is 24.3 Å². The largest absolute Gasteiger partial charge is 0.478 e. The van der Waals surface area contributed by atoms with Gasteiger partial charge in [-0.25, -0.2) is 4.79 Å². The van der Waals surface area contributed by atoms with Crippen LogP contribution in [0.2, 0.25) is 5.02 Å². The van der Waals surface area contributed by atoms with E-state index in [0.29, 0.717) is 21.8 Å². The third-order valence-electron chi connectivity index (χ3n) is 3.03. The number of hydrogen-bond donors (Lipinski definition) is 1. The van der Waals surface area contributed by atoms with E-state index in [-0.39, 0.29) is 5.56 Å². The molecule has 2 aromatic rings. The first-order chi connectivity index (χ1) is 8.16. The molecule has 3 rings (SSSR count). The van der Waals surface area contributed by atoms with Crippen LogP contribution in [0.4, 0.5) is 0 Å². The van der Waals surface area contributed by atoms with Crippen molar-refractivity contribution >= 4 is 28.5 Å². The van der Waals surface area contributed by atoms with Crippen molar-refractivity contribution < 1.29 is 9.90 Å². The van der Waals surface area contributed by atoms with Crippen LogP contribution in [0.15, 0.2) is 24.3 Å². The van der Waals surface area contributed by atoms with Gasteiger partial charge in [-0.15, -0.1) is 0 Å². The Morgan fingerprint density at radius 2 is 2.18 bits per heavy atom. The SMILES string of the molecule is O=C(O)c1cc(C2CC2)nc2cccc(Cl)c12. The third kappa shape index (κ3) is 1.76. The molecule has 0 radical (unpaired) electrons. The van der Waals surface area contributed by atoms with E-state index in [0.717, 1.165) is 18.5 Å². The topological polar surface area (TPSA) is 50.2 Å². The molecule has 86 valence electrons. The van der Waals surface area contributed by atoms with Gasteiger partial charge in [0.1, 0.15) is 0 Å². The lowest BCUT2D eigenvalue weighted by Crippen LogP contribution is -2.01. The molecule has 1 heterocycles. The summed E-state index contributed by atoms with van der Waals surface area (Å²) in [6, 6.07) is 6.95. The summed E-state index contributed by atoms with van der Waals surface area (Å²) in [6.07, 6.45) is 2.19. The zero-order valence-corrected chi connectivity index (χ0v) is 9.74. The molecule has 1 fully saturated rings. The van der Waals surface area contributed by atoms with E-state index in [9.17, 15) is 9.90 Å². The van der Waals surface area contributed by atoms with Crippen LogP contribution >= 0.6 is 11.6 Å². The molecule has 1 N–H and O–H groups in total. The van der Waals surface area contributed by atoms with Crippen LogP contribution < -0.4 is 0 Å². The molecule has 0 amide bonds. The van der Waals surface area contributed by atoms with Crippen molar-refractivity contribution in [2.45, 2.75) is 18.8 Å². The quantitative estimate of drug-likeness (QED) is 0.884. The zero-order valence-electron chi connectivity index (χ0n) is 8.98. The van der Waals surface area contributed by atoms with E-state index in [1.165, 1.54) is 0 Å². The second kappa shape index (κ2) is 3.70. The summed E-state index contributed by atoms with van der Waals surface area (Å²) < 4.78 is 0. The molecule has 4 heteroatoms. The lowest BCUT2D eigenvalue weighted by Gasteiger charge is -2.07. The number of carbonyl (C=O) groups is 1. The van der Waals surface area contributed by atoms with Gasteiger partial charge in [0.25, 0.3) is 0 Å². The Morgan fingerprint density at radius 1 is 1.41 bits per heavy atom. The molecule has 1 aromatic carbocycles. The maximum Gasteiger partial charge on any atom is 0.336 e. The van der Waals surface area contributed by atoms with Gasteiger partial charge in [-0.05, 0) is 31.0 Å². The molecule has 1 aliphatic carbocycles. The van der Waals surface area contributed by atoms with Gasteiger partial charge in [0, 0.05) is 17.0 Å². The van der Waals surface area contributed by atoms with Gasteiger partial charge < -0.3 is 5.11 Å². The minimum Gasteiger partial charge on any atom is -0.478 e. The second-order valence-corrected chi connectivity index (χ2v) is 4.72. The van der Waals surface area contributed by atoms with Gasteiger partial charge in [0.05, 0.1) is 16.1 Å². The summed E-state index contributed by atoms with van der Waals surface area (Å²) in [7, 11) is 0. The molecule has 0 saturated heterocycles. The van der Waals surface area contributed by atoms with Crippen molar-refractivity contribution in [1.29, 1.82) is 0 Å². The van der Waals surface area contributed by atoms with Crippen molar-refractivity contribution in [3.05, 3.63) is 40.5 Å². The van der Waals surface area contributed by atoms with Crippen molar-refractivity contribution in [3.63, 3.8) is 0 Å². The minimum absolute atomic E-state index is 0.252. The first-order valence-corrected chi connectivity index (χ1v) is 5.87. The highest BCUT2D eigenvalue weighted by molar-refractivity contribution is 6.36. The molecule has 1 saturated carbocycles. The number of fused-ring (bicyclic) bond motifs is 1. The van der Waals surface area contributed by atoms with Crippen molar-refractivity contribution in [3.8, 4) is 0 Å². The monoisotopic (exact) mass is 247 g/mol. The number of aromatic nitrogens is 1. The molecule has 0 unspecified atom stereocenters. The number of carboxylic acid groups (broad SMARTS) is 1. The number of carboxylic acids is 1. The molecule has 0 aliphatic heterocycles. The summed E-state index contributed by atoms with van der Waals surface area (Å²) in [6.45, 7) is 0. The number of nitrogens with zero attached hydrogens (tertiary/aromatic N) is 1. The lowest BCUT2D eigenvalue weighted by molar-refractivity contribution is 0.0699. The number of rotatable bonds is 2. The standard InChI is InChI=1S/C13H10ClNO2/c14-9-2-1-3-10-12(9)8(13(16)17)6-11(15-10)7-4-5-7/h1-3,6-7H,4-5H2,(H,16,17). The maximum absolute atomic E-state index is 11.3. The number of pyridine rings is 1. The van der Waals surface area contributed by atoms with E-state index < -0.39 is 5.97 Å². The Labute approximate surface area is 103 Å². The Bertz CT molecular complexity index is 620. The van der Waals surface area contributed by atoms with E-state index >= 15 is 0 Å². The fraction of sp³-hybridized carbons (Fsp3) is 0.231. The van der Waals surface area contributed by atoms with Crippen LogP contribution in [-0.2, 0) is 0 Å². The Hall–Kier alpha value is -1.61. The molecule has 0 spiro atoms. The molecular formula is C13H10ClNO2. The van der Waals surface area contributed by atoms with Crippen LogP contribution in [0.25, 0.3) is 10.9 Å². The Balaban J connectivity index is 2.35. The zero-order chi connectivity index (χ0) is 12.0. The molecule has 0 bridgehead atoms. The Kier molecular flexibility index (Phi) is 2.30. The van der Waals surface area contributed by atoms with Crippen LogP contribution in [-0.4, -0.2) is 16.1 Å². The van der Waals surface area contributed by atoms with Crippen LogP contribution in [0.3, 0.4) is 0 Å². The van der Waals surface area contributed by atoms with Crippen molar-refractivity contribution in [2.75, 3.05) is 0 Å². The molecular weight excluding hydrogens is 238 g/mol. The summed E-state index contributed by atoms with van der Waals surface area (Å²) in [5.41, 5.74) is 1.79. The normalized spacial score (nSPS) is 15.1. The van der Waals surface area contributed by atoms with Gasteiger partial charge in [-0.3, -0.25) is 4.98 Å². The molecule has 3 nitrogen and oxygen atoms in total. The number of benzene rings is 1. The fourth-order valence-electron chi connectivity index (χ4n) is 2.02. The number of halogens is 1. The molecule has 1 aliphatic rings. The smallest absolute Gasteiger partial charge is 0.336 e. The number of aromatic carboxylic acids is 1. The third-order valence-corrected chi connectivity index (χ3v) is 3.34. The highest BCUT2D eigenvalue weighted by Crippen LogP contribution is 2.40. The molecule has 0 atom stereocenters. The van der Waals surface area contributed by atoms with Crippen LogP contribution in [0, 0.1) is 0 Å². The van der Waals surface area contributed by atoms with Gasteiger partial charge in [0.15, 0.2) is 0 Å². The average Bonchev–Trinajstić information content (AvgIpc) is 3.11. The minimum atomic E-state index is -0.951. The lowest BCUT2D eigenvalue weighted by atomic mass is 10.1. The van der Waals surface area contributed by atoms with Crippen LogP contribution in [0.1, 0.15) is 34.8 Å². The highest BCUT2D eigenvalue weighted by atomic mass is 35.5. The summed E-state index contributed by atoms with van der Waals surface area (Å²) in [5, 5.41) is 10.2. The van der Waals surface area contributed by atoms with Crippen LogP contribution in [0.5, 0.6) is 0 Å². The van der Waals surface area contributed by atoms with Gasteiger partial charge in [-0.1, -0.05) is 17.7 Å². The molecule has 17 heavy (non-hydrogen) atoms. The summed E-state index contributed by atoms with van der Waals surface area (Å²) in [4.78, 5) is 15.8. The van der Waals surface area contributed by atoms with E-state index in [1.807, 2.05) is 0 Å². The number of hydrogen-bond acceptors (Lipinski definition) is 2. The Morgan fingerprint density at radius 3 is 2.82 bits per heavy atom. The summed E-state index contributed by atoms with van der Waals surface area (Å²) >= 11 is 6.05. The fourth-order valence-corrected chi connectivity index (χ4v) is 2.29. The average molecular weight is 248 g/mol. The predicted molar refractivity (Wildman–Crippen MR) is 65.7 cm³/mol. The maximum atomic E-state index is 11.3. The molecule has 1 aromatic heterocycles.